The van der Waals surface area contributed by atoms with Gasteiger partial charge in [0.2, 0.25) is 0 Å². The van der Waals surface area contributed by atoms with E-state index in [1.165, 1.54) is 14.0 Å². The SMILES string of the molecule is COc1ccc(Cl)cc1NC(=O)[C@H](C)OC(=O)c1ccccc1C. The molecule has 0 fully saturated rings. The molecular formula is C18H18ClNO4. The molecule has 0 aliphatic heterocycles. The number of halogens is 1. The van der Waals surface area contributed by atoms with E-state index in [1.807, 2.05) is 6.07 Å². The van der Waals surface area contributed by atoms with Crippen molar-refractivity contribution in [2.75, 3.05) is 12.4 Å². The summed E-state index contributed by atoms with van der Waals surface area (Å²) in [6.45, 7) is 3.31. The van der Waals surface area contributed by atoms with Crippen LogP contribution in [0.5, 0.6) is 5.75 Å². The molecule has 0 unspecified atom stereocenters. The molecule has 126 valence electrons. The zero-order chi connectivity index (χ0) is 17.7. The predicted octanol–water partition coefficient (Wildman–Crippen LogP) is 3.84. The Balaban J connectivity index is 2.06. The Bertz CT molecular complexity index is 760. The number of aryl methyl sites for hydroxylation is 1. The predicted molar refractivity (Wildman–Crippen MR) is 92.7 cm³/mol. The molecule has 6 heteroatoms. The molecule has 0 spiro atoms. The van der Waals surface area contributed by atoms with Gasteiger partial charge in [-0.2, -0.15) is 0 Å². The van der Waals surface area contributed by atoms with Crippen LogP contribution in [0, 0.1) is 6.92 Å². The van der Waals surface area contributed by atoms with Crippen molar-refractivity contribution in [1.29, 1.82) is 0 Å². The van der Waals surface area contributed by atoms with Crippen molar-refractivity contribution in [3.8, 4) is 5.75 Å². The number of ether oxygens (including phenoxy) is 2. The fraction of sp³-hybridized carbons (Fsp3) is 0.222. The molecule has 0 saturated heterocycles. The van der Waals surface area contributed by atoms with E-state index in [4.69, 9.17) is 21.1 Å². The van der Waals surface area contributed by atoms with Gasteiger partial charge in [0.05, 0.1) is 18.4 Å². The Morgan fingerprint density at radius 3 is 2.54 bits per heavy atom. The first kappa shape index (κ1) is 17.8. The number of hydrogen-bond donors (Lipinski definition) is 1. The highest BCUT2D eigenvalue weighted by molar-refractivity contribution is 6.31. The first-order chi connectivity index (χ1) is 11.4. The average molecular weight is 348 g/mol. The molecule has 0 aromatic heterocycles. The van der Waals surface area contributed by atoms with Crippen LogP contribution in [0.15, 0.2) is 42.5 Å². The quantitative estimate of drug-likeness (QED) is 0.834. The maximum Gasteiger partial charge on any atom is 0.339 e. The maximum atomic E-state index is 12.3. The van der Waals surface area contributed by atoms with E-state index in [1.54, 1.807) is 43.3 Å². The van der Waals surface area contributed by atoms with E-state index in [9.17, 15) is 9.59 Å². The molecule has 24 heavy (non-hydrogen) atoms. The summed E-state index contributed by atoms with van der Waals surface area (Å²) in [6.07, 6.45) is -0.971. The van der Waals surface area contributed by atoms with Gasteiger partial charge in [-0.25, -0.2) is 4.79 Å². The Morgan fingerprint density at radius 1 is 1.17 bits per heavy atom. The fourth-order valence-electron chi connectivity index (χ4n) is 2.09. The van der Waals surface area contributed by atoms with Crippen molar-refractivity contribution in [2.24, 2.45) is 0 Å². The number of amides is 1. The largest absolute Gasteiger partial charge is 0.495 e. The van der Waals surface area contributed by atoms with Gasteiger partial charge >= 0.3 is 5.97 Å². The summed E-state index contributed by atoms with van der Waals surface area (Å²) < 4.78 is 10.4. The first-order valence-electron chi connectivity index (χ1n) is 7.33. The molecule has 0 aliphatic rings. The fourth-order valence-corrected chi connectivity index (χ4v) is 2.26. The van der Waals surface area contributed by atoms with Crippen LogP contribution in [-0.2, 0) is 9.53 Å². The van der Waals surface area contributed by atoms with E-state index in [-0.39, 0.29) is 0 Å². The molecule has 1 atom stereocenters. The second kappa shape index (κ2) is 7.84. The number of rotatable bonds is 5. The summed E-state index contributed by atoms with van der Waals surface area (Å²) in [5.41, 5.74) is 1.62. The number of carbonyl (C=O) groups excluding carboxylic acids is 2. The Kier molecular flexibility index (Phi) is 5.82. The molecule has 5 nitrogen and oxygen atoms in total. The average Bonchev–Trinajstić information content (AvgIpc) is 2.55. The second-order valence-electron chi connectivity index (χ2n) is 5.20. The van der Waals surface area contributed by atoms with E-state index in [2.05, 4.69) is 5.32 Å². The molecular weight excluding hydrogens is 330 g/mol. The van der Waals surface area contributed by atoms with Crippen molar-refractivity contribution < 1.29 is 19.1 Å². The molecule has 0 saturated carbocycles. The van der Waals surface area contributed by atoms with Gasteiger partial charge < -0.3 is 14.8 Å². The lowest BCUT2D eigenvalue weighted by Crippen LogP contribution is -2.30. The highest BCUT2D eigenvalue weighted by Crippen LogP contribution is 2.27. The summed E-state index contributed by atoms with van der Waals surface area (Å²) >= 11 is 5.93. The number of nitrogens with one attached hydrogen (secondary N) is 1. The Hall–Kier alpha value is -2.53. The van der Waals surface area contributed by atoms with Crippen LogP contribution in [0.1, 0.15) is 22.8 Å². The summed E-state index contributed by atoms with van der Waals surface area (Å²) in [7, 11) is 1.49. The van der Waals surface area contributed by atoms with Gasteiger partial charge in [0.25, 0.3) is 5.91 Å². The third kappa shape index (κ3) is 4.26. The number of carbonyl (C=O) groups is 2. The first-order valence-corrected chi connectivity index (χ1v) is 7.71. The number of esters is 1. The van der Waals surface area contributed by atoms with Gasteiger partial charge in [-0.3, -0.25) is 4.79 Å². The monoisotopic (exact) mass is 347 g/mol. The topological polar surface area (TPSA) is 64.6 Å². The molecule has 0 heterocycles. The van der Waals surface area contributed by atoms with Gasteiger partial charge in [0.1, 0.15) is 5.75 Å². The number of benzene rings is 2. The lowest BCUT2D eigenvalue weighted by atomic mass is 10.1. The van der Waals surface area contributed by atoms with Crippen LogP contribution in [0.2, 0.25) is 5.02 Å². The number of methoxy groups -OCH3 is 1. The maximum absolute atomic E-state index is 12.3. The number of hydrogen-bond acceptors (Lipinski definition) is 4. The molecule has 0 bridgehead atoms. The minimum Gasteiger partial charge on any atom is -0.495 e. The molecule has 1 N–H and O–H groups in total. The van der Waals surface area contributed by atoms with Crippen LogP contribution in [0.3, 0.4) is 0 Å². The van der Waals surface area contributed by atoms with E-state index in [0.717, 1.165) is 5.56 Å². The van der Waals surface area contributed by atoms with Crippen molar-refractivity contribution in [3.63, 3.8) is 0 Å². The minimum absolute atomic E-state index is 0.411. The zero-order valence-electron chi connectivity index (χ0n) is 13.6. The Morgan fingerprint density at radius 2 is 1.88 bits per heavy atom. The number of anilines is 1. The van der Waals surface area contributed by atoms with Crippen LogP contribution < -0.4 is 10.1 Å². The summed E-state index contributed by atoms with van der Waals surface area (Å²) in [5, 5.41) is 3.10. The lowest BCUT2D eigenvalue weighted by Gasteiger charge is -2.16. The van der Waals surface area contributed by atoms with Crippen molar-refractivity contribution in [1.82, 2.24) is 0 Å². The minimum atomic E-state index is -0.971. The zero-order valence-corrected chi connectivity index (χ0v) is 14.4. The summed E-state index contributed by atoms with van der Waals surface area (Å²) in [6, 6.07) is 11.9. The van der Waals surface area contributed by atoms with Gasteiger partial charge in [-0.05, 0) is 43.7 Å². The van der Waals surface area contributed by atoms with Crippen molar-refractivity contribution >= 4 is 29.2 Å². The van der Waals surface area contributed by atoms with E-state index >= 15 is 0 Å². The van der Waals surface area contributed by atoms with E-state index in [0.29, 0.717) is 22.0 Å². The van der Waals surface area contributed by atoms with Gasteiger partial charge in [-0.15, -0.1) is 0 Å². The highest BCUT2D eigenvalue weighted by atomic mass is 35.5. The third-order valence-electron chi connectivity index (χ3n) is 3.44. The standard InChI is InChI=1S/C18H18ClNO4/c1-11-6-4-5-7-14(11)18(22)24-12(2)17(21)20-15-10-13(19)8-9-16(15)23-3/h4-10,12H,1-3H3,(H,20,21)/t12-/m0/s1. The van der Waals surface area contributed by atoms with Crippen LogP contribution in [0.4, 0.5) is 5.69 Å². The van der Waals surface area contributed by atoms with Crippen LogP contribution >= 0.6 is 11.6 Å². The molecule has 0 aliphatic carbocycles. The molecule has 1 amide bonds. The van der Waals surface area contributed by atoms with Crippen LogP contribution in [0.25, 0.3) is 0 Å². The van der Waals surface area contributed by atoms with E-state index < -0.39 is 18.0 Å². The normalized spacial score (nSPS) is 11.5. The smallest absolute Gasteiger partial charge is 0.339 e. The van der Waals surface area contributed by atoms with Crippen molar-refractivity contribution in [2.45, 2.75) is 20.0 Å². The summed E-state index contributed by atoms with van der Waals surface area (Å²) in [4.78, 5) is 24.4. The van der Waals surface area contributed by atoms with Crippen LogP contribution in [-0.4, -0.2) is 25.1 Å². The molecule has 2 aromatic carbocycles. The lowest BCUT2D eigenvalue weighted by molar-refractivity contribution is -0.123. The third-order valence-corrected chi connectivity index (χ3v) is 3.67. The second-order valence-corrected chi connectivity index (χ2v) is 5.63. The molecule has 2 aromatic rings. The molecule has 2 rings (SSSR count). The summed E-state index contributed by atoms with van der Waals surface area (Å²) in [5.74, 6) is -0.559. The highest BCUT2D eigenvalue weighted by Gasteiger charge is 2.21. The van der Waals surface area contributed by atoms with Gasteiger partial charge in [-0.1, -0.05) is 29.8 Å². The van der Waals surface area contributed by atoms with Gasteiger partial charge in [0.15, 0.2) is 6.10 Å². The molecule has 0 radical (unpaired) electrons. The van der Waals surface area contributed by atoms with Crippen molar-refractivity contribution in [3.05, 3.63) is 58.6 Å². The Labute approximate surface area is 145 Å². The van der Waals surface area contributed by atoms with Gasteiger partial charge in [0, 0.05) is 5.02 Å².